The normalized spacial score (nSPS) is 14.9. The standard InChI is InChI=1S/C18H19N5O6S/c24-15(8-19-16(25)11-1-2-13-14(7-11)29-10-28-13)21-22-17(26)12-9-30-18(20-12)23-3-5-27-6-4-23/h1-2,7,9H,3-6,8,10H2,(H,19,25)(H,21,24)(H,22,26). The third-order valence-corrected chi connectivity index (χ3v) is 5.27. The topological polar surface area (TPSA) is 131 Å². The van der Waals surface area contributed by atoms with E-state index in [1.165, 1.54) is 17.4 Å². The summed E-state index contributed by atoms with van der Waals surface area (Å²) in [6, 6.07) is 4.72. The maximum Gasteiger partial charge on any atom is 0.289 e. The summed E-state index contributed by atoms with van der Waals surface area (Å²) in [6.45, 7) is 2.46. The van der Waals surface area contributed by atoms with Gasteiger partial charge in [-0.3, -0.25) is 25.2 Å². The van der Waals surface area contributed by atoms with Crippen LogP contribution in [-0.4, -0.2) is 62.3 Å². The summed E-state index contributed by atoms with van der Waals surface area (Å²) < 4.78 is 15.7. The molecule has 3 N–H and O–H groups in total. The molecule has 0 unspecified atom stereocenters. The molecule has 12 heteroatoms. The fourth-order valence-electron chi connectivity index (χ4n) is 2.80. The van der Waals surface area contributed by atoms with Crippen molar-refractivity contribution in [2.24, 2.45) is 0 Å². The summed E-state index contributed by atoms with van der Waals surface area (Å²) in [5.41, 5.74) is 5.07. The van der Waals surface area contributed by atoms with Crippen LogP contribution in [0, 0.1) is 0 Å². The Kier molecular flexibility index (Phi) is 5.95. The van der Waals surface area contributed by atoms with Crippen molar-refractivity contribution >= 4 is 34.2 Å². The summed E-state index contributed by atoms with van der Waals surface area (Å²) >= 11 is 1.35. The number of anilines is 1. The highest BCUT2D eigenvalue weighted by atomic mass is 32.1. The van der Waals surface area contributed by atoms with E-state index in [4.69, 9.17) is 14.2 Å². The zero-order valence-electron chi connectivity index (χ0n) is 15.8. The predicted molar refractivity (Wildman–Crippen MR) is 106 cm³/mol. The number of nitrogens with one attached hydrogen (secondary N) is 3. The van der Waals surface area contributed by atoms with Gasteiger partial charge in [-0.1, -0.05) is 0 Å². The lowest BCUT2D eigenvalue weighted by molar-refractivity contribution is -0.120. The van der Waals surface area contributed by atoms with Crippen LogP contribution in [-0.2, 0) is 9.53 Å². The van der Waals surface area contributed by atoms with Crippen molar-refractivity contribution in [3.05, 3.63) is 34.8 Å². The third-order valence-electron chi connectivity index (χ3n) is 4.37. The van der Waals surface area contributed by atoms with Crippen molar-refractivity contribution < 1.29 is 28.6 Å². The van der Waals surface area contributed by atoms with E-state index >= 15 is 0 Å². The molecule has 11 nitrogen and oxygen atoms in total. The molecule has 30 heavy (non-hydrogen) atoms. The Balaban J connectivity index is 1.22. The molecule has 2 aromatic rings. The number of fused-ring (bicyclic) bond motifs is 1. The molecule has 2 aliphatic heterocycles. The first kappa shape index (κ1) is 19.9. The van der Waals surface area contributed by atoms with Crippen LogP contribution >= 0.6 is 11.3 Å². The Morgan fingerprint density at radius 1 is 1.07 bits per heavy atom. The van der Waals surface area contributed by atoms with Gasteiger partial charge in [0.25, 0.3) is 17.7 Å². The monoisotopic (exact) mass is 433 g/mol. The number of hydrazine groups is 1. The van der Waals surface area contributed by atoms with Crippen LogP contribution in [0.4, 0.5) is 5.13 Å². The molecule has 3 amide bonds. The molecule has 1 aromatic carbocycles. The predicted octanol–water partition coefficient (Wildman–Crippen LogP) is -0.101. The van der Waals surface area contributed by atoms with Crippen LogP contribution in [0.1, 0.15) is 20.8 Å². The number of nitrogens with zero attached hydrogens (tertiary/aromatic N) is 2. The maximum absolute atomic E-state index is 12.2. The lowest BCUT2D eigenvalue weighted by atomic mass is 10.2. The average molecular weight is 433 g/mol. The molecule has 0 saturated carbocycles. The van der Waals surface area contributed by atoms with Gasteiger partial charge in [-0.2, -0.15) is 0 Å². The molecule has 158 valence electrons. The smallest absolute Gasteiger partial charge is 0.289 e. The Labute approximate surface area is 175 Å². The van der Waals surface area contributed by atoms with Gasteiger partial charge >= 0.3 is 0 Å². The lowest BCUT2D eigenvalue weighted by Gasteiger charge is -2.25. The van der Waals surface area contributed by atoms with Crippen LogP contribution in [0.25, 0.3) is 0 Å². The summed E-state index contributed by atoms with van der Waals surface area (Å²) in [5.74, 6) is -0.545. The summed E-state index contributed by atoms with van der Waals surface area (Å²) in [7, 11) is 0. The van der Waals surface area contributed by atoms with Gasteiger partial charge in [-0.05, 0) is 18.2 Å². The quantitative estimate of drug-likeness (QED) is 0.557. The van der Waals surface area contributed by atoms with E-state index in [0.29, 0.717) is 43.4 Å². The van der Waals surface area contributed by atoms with E-state index in [1.807, 2.05) is 4.90 Å². The molecule has 0 radical (unpaired) electrons. The van der Waals surface area contributed by atoms with Crippen molar-refractivity contribution in [2.75, 3.05) is 44.5 Å². The second kappa shape index (κ2) is 8.97. The molecular formula is C18H19N5O6S. The first-order chi connectivity index (χ1) is 14.6. The number of hydrogen-bond acceptors (Lipinski definition) is 9. The fraction of sp³-hybridized carbons (Fsp3) is 0.333. The number of thiazole rings is 1. The number of ether oxygens (including phenoxy) is 3. The molecule has 2 aliphatic rings. The minimum atomic E-state index is -0.582. The Hall–Kier alpha value is -3.38. The third kappa shape index (κ3) is 4.60. The Morgan fingerprint density at radius 3 is 2.70 bits per heavy atom. The number of benzene rings is 1. The van der Waals surface area contributed by atoms with E-state index in [-0.39, 0.29) is 19.0 Å². The fourth-order valence-corrected chi connectivity index (χ4v) is 3.66. The molecule has 0 atom stereocenters. The van der Waals surface area contributed by atoms with Gasteiger partial charge in [0.1, 0.15) is 5.69 Å². The SMILES string of the molecule is O=C(CNC(=O)c1ccc2c(c1)OCO2)NNC(=O)c1csc(N2CCOCC2)n1. The average Bonchev–Trinajstić information content (AvgIpc) is 3.45. The highest BCUT2D eigenvalue weighted by Crippen LogP contribution is 2.32. The molecule has 0 bridgehead atoms. The molecule has 0 aliphatic carbocycles. The first-order valence-corrected chi connectivity index (χ1v) is 10.0. The highest BCUT2D eigenvalue weighted by molar-refractivity contribution is 7.13. The van der Waals surface area contributed by atoms with E-state index in [9.17, 15) is 14.4 Å². The molecule has 1 saturated heterocycles. The van der Waals surface area contributed by atoms with Crippen LogP contribution in [0.2, 0.25) is 0 Å². The van der Waals surface area contributed by atoms with Gasteiger partial charge in [0.2, 0.25) is 6.79 Å². The molecule has 1 fully saturated rings. The van der Waals surface area contributed by atoms with Crippen LogP contribution in [0.15, 0.2) is 23.6 Å². The summed E-state index contributed by atoms with van der Waals surface area (Å²) in [5, 5.41) is 4.82. The van der Waals surface area contributed by atoms with Gasteiger partial charge < -0.3 is 24.4 Å². The van der Waals surface area contributed by atoms with Crippen molar-refractivity contribution in [3.63, 3.8) is 0 Å². The van der Waals surface area contributed by atoms with E-state index in [2.05, 4.69) is 21.2 Å². The van der Waals surface area contributed by atoms with Crippen molar-refractivity contribution in [1.29, 1.82) is 0 Å². The second-order valence-corrected chi connectivity index (χ2v) is 7.20. The number of hydrogen-bond donors (Lipinski definition) is 3. The first-order valence-electron chi connectivity index (χ1n) is 9.15. The summed E-state index contributed by atoms with van der Waals surface area (Å²) in [4.78, 5) is 42.6. The highest BCUT2D eigenvalue weighted by Gasteiger charge is 2.19. The zero-order valence-corrected chi connectivity index (χ0v) is 16.6. The minimum absolute atomic E-state index is 0.107. The van der Waals surface area contributed by atoms with E-state index in [0.717, 1.165) is 5.13 Å². The number of amides is 3. The van der Waals surface area contributed by atoms with Crippen molar-refractivity contribution in [1.82, 2.24) is 21.2 Å². The maximum atomic E-state index is 12.2. The number of morpholine rings is 1. The summed E-state index contributed by atoms with van der Waals surface area (Å²) in [6.07, 6.45) is 0. The van der Waals surface area contributed by atoms with Gasteiger partial charge in [0, 0.05) is 24.0 Å². The zero-order chi connectivity index (χ0) is 20.9. The Morgan fingerprint density at radius 2 is 1.87 bits per heavy atom. The van der Waals surface area contributed by atoms with Crippen LogP contribution in [0.5, 0.6) is 11.5 Å². The number of rotatable bonds is 5. The molecule has 1 aromatic heterocycles. The molecule has 3 heterocycles. The minimum Gasteiger partial charge on any atom is -0.454 e. The van der Waals surface area contributed by atoms with Gasteiger partial charge in [-0.25, -0.2) is 4.98 Å². The number of carbonyl (C=O) groups excluding carboxylic acids is 3. The van der Waals surface area contributed by atoms with Crippen LogP contribution < -0.4 is 30.5 Å². The van der Waals surface area contributed by atoms with Crippen molar-refractivity contribution in [2.45, 2.75) is 0 Å². The van der Waals surface area contributed by atoms with E-state index < -0.39 is 17.7 Å². The molecule has 4 rings (SSSR count). The molecule has 0 spiro atoms. The number of carbonyl (C=O) groups is 3. The van der Waals surface area contributed by atoms with Crippen molar-refractivity contribution in [3.8, 4) is 11.5 Å². The van der Waals surface area contributed by atoms with Crippen LogP contribution in [0.3, 0.4) is 0 Å². The van der Waals surface area contributed by atoms with Gasteiger partial charge in [0.15, 0.2) is 16.6 Å². The van der Waals surface area contributed by atoms with Gasteiger partial charge in [-0.15, -0.1) is 11.3 Å². The molecular weight excluding hydrogens is 414 g/mol. The Bertz CT molecular complexity index is 958. The largest absolute Gasteiger partial charge is 0.454 e. The van der Waals surface area contributed by atoms with E-state index in [1.54, 1.807) is 17.5 Å². The second-order valence-electron chi connectivity index (χ2n) is 6.37. The number of aromatic nitrogens is 1. The lowest BCUT2D eigenvalue weighted by Crippen LogP contribution is -2.46. The van der Waals surface area contributed by atoms with Gasteiger partial charge in [0.05, 0.1) is 19.8 Å².